The third-order valence-corrected chi connectivity index (χ3v) is 6.01. The zero-order valence-corrected chi connectivity index (χ0v) is 16.4. The van der Waals surface area contributed by atoms with Gasteiger partial charge >= 0.3 is 6.03 Å². The number of anilines is 2. The quantitative estimate of drug-likeness (QED) is 0.794. The number of hydrogen-bond donors (Lipinski definition) is 2. The fraction of sp³-hybridized carbons (Fsp3) is 0.364. The van der Waals surface area contributed by atoms with Gasteiger partial charge in [-0.2, -0.15) is 0 Å². The predicted octanol–water partition coefficient (Wildman–Crippen LogP) is 2.25. The second kappa shape index (κ2) is 7.09. The molecule has 30 heavy (non-hydrogen) atoms. The van der Waals surface area contributed by atoms with E-state index in [1.54, 1.807) is 53.4 Å². The summed E-state index contributed by atoms with van der Waals surface area (Å²) >= 11 is 0. The minimum atomic E-state index is -2.16. The summed E-state index contributed by atoms with van der Waals surface area (Å²) in [5.41, 5.74) is -0.979. The Hall–Kier alpha value is -2.94. The number of nitrogens with one attached hydrogen (secondary N) is 1. The van der Waals surface area contributed by atoms with Crippen molar-refractivity contribution in [3.8, 4) is 0 Å². The number of para-hydroxylation sites is 2. The van der Waals surface area contributed by atoms with Crippen molar-refractivity contribution in [1.82, 2.24) is 4.90 Å². The molecule has 0 saturated carbocycles. The summed E-state index contributed by atoms with van der Waals surface area (Å²) in [5, 5.41) is 14.7. The lowest BCUT2D eigenvalue weighted by atomic mass is 9.93. The first-order valence-electron chi connectivity index (χ1n) is 10.1. The van der Waals surface area contributed by atoms with E-state index in [0.29, 0.717) is 56.1 Å². The molecule has 0 aliphatic carbocycles. The van der Waals surface area contributed by atoms with E-state index >= 15 is 0 Å². The van der Waals surface area contributed by atoms with Gasteiger partial charge in [-0.15, -0.1) is 0 Å². The number of benzene rings is 2. The van der Waals surface area contributed by atoms with E-state index in [1.807, 2.05) is 6.07 Å². The first-order chi connectivity index (χ1) is 14.5. The van der Waals surface area contributed by atoms with E-state index in [-0.39, 0.29) is 0 Å². The lowest BCUT2D eigenvalue weighted by Crippen LogP contribution is -2.64. The number of carbonyl (C=O) groups excluding carboxylic acids is 2. The standard InChI is InChI=1S/C22H23N3O5/c26-19(24-12-10-21(11-13-24)29-14-15-30-21)22(28)17-8-4-5-9-18(17)23-20(27)25(22)16-6-2-1-3-7-16/h1-9,28H,10-15H2,(H,23,27). The van der Waals surface area contributed by atoms with Crippen LogP contribution in [-0.4, -0.2) is 54.0 Å². The maximum atomic E-state index is 13.7. The van der Waals surface area contributed by atoms with Crippen LogP contribution in [0.2, 0.25) is 0 Å². The lowest BCUT2D eigenvalue weighted by Gasteiger charge is -2.46. The van der Waals surface area contributed by atoms with Crippen molar-refractivity contribution < 1.29 is 24.2 Å². The number of aliphatic hydroxyl groups is 1. The summed E-state index contributed by atoms with van der Waals surface area (Å²) in [6.07, 6.45) is 1.04. The monoisotopic (exact) mass is 409 g/mol. The average Bonchev–Trinajstić information content (AvgIpc) is 3.22. The summed E-state index contributed by atoms with van der Waals surface area (Å²) in [6.45, 7) is 1.83. The van der Waals surface area contributed by atoms with Crippen LogP contribution in [0, 0.1) is 0 Å². The maximum absolute atomic E-state index is 13.7. The molecular formula is C22H23N3O5. The van der Waals surface area contributed by atoms with Gasteiger partial charge in [-0.1, -0.05) is 36.4 Å². The summed E-state index contributed by atoms with van der Waals surface area (Å²) in [4.78, 5) is 29.5. The molecule has 3 heterocycles. The Labute approximate surface area is 174 Å². The maximum Gasteiger partial charge on any atom is 0.329 e. The number of piperidine rings is 1. The third-order valence-electron chi connectivity index (χ3n) is 6.01. The molecule has 5 rings (SSSR count). The van der Waals surface area contributed by atoms with Crippen LogP contribution >= 0.6 is 0 Å². The summed E-state index contributed by atoms with van der Waals surface area (Å²) < 4.78 is 11.5. The molecular weight excluding hydrogens is 386 g/mol. The average molecular weight is 409 g/mol. The van der Waals surface area contributed by atoms with Gasteiger partial charge in [0.05, 0.1) is 18.9 Å². The number of nitrogens with zero attached hydrogens (tertiary/aromatic N) is 2. The fourth-order valence-electron chi connectivity index (χ4n) is 4.48. The molecule has 2 fully saturated rings. The van der Waals surface area contributed by atoms with E-state index < -0.39 is 23.5 Å². The largest absolute Gasteiger partial charge is 0.359 e. The molecule has 8 heteroatoms. The molecule has 3 aliphatic rings. The molecule has 1 spiro atoms. The molecule has 2 saturated heterocycles. The Morgan fingerprint density at radius 2 is 1.60 bits per heavy atom. The molecule has 2 N–H and O–H groups in total. The minimum absolute atomic E-state index is 0.340. The van der Waals surface area contributed by atoms with Gasteiger partial charge in [0.25, 0.3) is 11.6 Å². The summed E-state index contributed by atoms with van der Waals surface area (Å²) in [7, 11) is 0. The lowest BCUT2D eigenvalue weighted by molar-refractivity contribution is -0.192. The molecule has 2 aromatic carbocycles. The highest BCUT2D eigenvalue weighted by Crippen LogP contribution is 2.42. The van der Waals surface area contributed by atoms with E-state index in [2.05, 4.69) is 5.32 Å². The number of ether oxygens (including phenoxy) is 2. The predicted molar refractivity (Wildman–Crippen MR) is 109 cm³/mol. The van der Waals surface area contributed by atoms with Crippen LogP contribution in [0.3, 0.4) is 0 Å². The van der Waals surface area contributed by atoms with Gasteiger partial charge in [0, 0.05) is 37.2 Å². The number of fused-ring (bicyclic) bond motifs is 1. The van der Waals surface area contributed by atoms with Crippen molar-refractivity contribution in [1.29, 1.82) is 0 Å². The topological polar surface area (TPSA) is 91.3 Å². The van der Waals surface area contributed by atoms with Crippen molar-refractivity contribution in [2.75, 3.05) is 36.5 Å². The van der Waals surface area contributed by atoms with Gasteiger partial charge in [0.1, 0.15) is 0 Å². The van der Waals surface area contributed by atoms with Crippen LogP contribution in [0.4, 0.5) is 16.2 Å². The molecule has 156 valence electrons. The highest BCUT2D eigenvalue weighted by molar-refractivity contribution is 6.11. The van der Waals surface area contributed by atoms with Gasteiger partial charge in [-0.3, -0.25) is 9.69 Å². The normalized spacial score (nSPS) is 25.2. The second-order valence-electron chi connectivity index (χ2n) is 7.72. The molecule has 3 aliphatic heterocycles. The van der Waals surface area contributed by atoms with Gasteiger partial charge in [0.2, 0.25) is 0 Å². The number of rotatable bonds is 2. The van der Waals surface area contributed by atoms with Gasteiger partial charge in [-0.05, 0) is 18.2 Å². The first kappa shape index (κ1) is 19.0. The molecule has 0 aromatic heterocycles. The molecule has 2 aromatic rings. The number of hydrogen-bond acceptors (Lipinski definition) is 5. The Balaban J connectivity index is 1.53. The highest BCUT2D eigenvalue weighted by atomic mass is 16.7. The Bertz CT molecular complexity index is 966. The summed E-state index contributed by atoms with van der Waals surface area (Å²) in [5.74, 6) is -1.18. The smallest absolute Gasteiger partial charge is 0.329 e. The second-order valence-corrected chi connectivity index (χ2v) is 7.72. The molecule has 1 atom stereocenters. The van der Waals surface area contributed by atoms with Crippen LogP contribution in [0.1, 0.15) is 18.4 Å². The van der Waals surface area contributed by atoms with Crippen LogP contribution in [-0.2, 0) is 20.0 Å². The van der Waals surface area contributed by atoms with E-state index in [9.17, 15) is 14.7 Å². The number of amides is 3. The zero-order chi connectivity index (χ0) is 20.8. The Morgan fingerprint density at radius 3 is 2.30 bits per heavy atom. The first-order valence-corrected chi connectivity index (χ1v) is 10.1. The number of likely N-dealkylation sites (tertiary alicyclic amines) is 1. The Morgan fingerprint density at radius 1 is 0.967 bits per heavy atom. The van der Waals surface area contributed by atoms with Crippen LogP contribution in [0.25, 0.3) is 0 Å². The highest BCUT2D eigenvalue weighted by Gasteiger charge is 2.54. The molecule has 3 amide bonds. The third kappa shape index (κ3) is 2.87. The van der Waals surface area contributed by atoms with Crippen molar-refractivity contribution in [3.05, 3.63) is 60.2 Å². The molecule has 1 unspecified atom stereocenters. The van der Waals surface area contributed by atoms with E-state index in [1.165, 1.54) is 0 Å². The van der Waals surface area contributed by atoms with Crippen LogP contribution in [0.5, 0.6) is 0 Å². The van der Waals surface area contributed by atoms with Gasteiger partial charge < -0.3 is 24.8 Å². The van der Waals surface area contributed by atoms with Crippen molar-refractivity contribution in [3.63, 3.8) is 0 Å². The fourth-order valence-corrected chi connectivity index (χ4v) is 4.48. The van der Waals surface area contributed by atoms with E-state index in [0.717, 1.165) is 4.90 Å². The SMILES string of the molecule is O=C1Nc2ccccc2C(O)(C(=O)N2CCC3(CC2)OCCO3)N1c1ccccc1. The van der Waals surface area contributed by atoms with E-state index in [4.69, 9.17) is 9.47 Å². The van der Waals surface area contributed by atoms with Gasteiger partial charge in [0.15, 0.2) is 5.79 Å². The number of carbonyl (C=O) groups is 2. The number of urea groups is 1. The summed E-state index contributed by atoms with van der Waals surface area (Å²) in [6, 6.07) is 15.0. The van der Waals surface area contributed by atoms with Crippen LogP contribution < -0.4 is 10.2 Å². The molecule has 8 nitrogen and oxygen atoms in total. The minimum Gasteiger partial charge on any atom is -0.359 e. The molecule has 0 bridgehead atoms. The van der Waals surface area contributed by atoms with Crippen LogP contribution in [0.15, 0.2) is 54.6 Å². The molecule has 0 radical (unpaired) electrons. The van der Waals surface area contributed by atoms with Crippen molar-refractivity contribution in [2.24, 2.45) is 0 Å². The van der Waals surface area contributed by atoms with Crippen molar-refractivity contribution in [2.45, 2.75) is 24.4 Å². The zero-order valence-electron chi connectivity index (χ0n) is 16.4. The van der Waals surface area contributed by atoms with Gasteiger partial charge in [-0.25, -0.2) is 4.79 Å². The Kier molecular flexibility index (Phi) is 4.50. The van der Waals surface area contributed by atoms with Crippen molar-refractivity contribution >= 4 is 23.3 Å².